The van der Waals surface area contributed by atoms with Crippen molar-refractivity contribution in [3.63, 3.8) is 0 Å². The molecule has 1 saturated carbocycles. The van der Waals surface area contributed by atoms with Gasteiger partial charge in [-0.1, -0.05) is 56.2 Å². The second kappa shape index (κ2) is 7.90. The van der Waals surface area contributed by atoms with Crippen LogP contribution in [0.5, 0.6) is 0 Å². The van der Waals surface area contributed by atoms with Crippen molar-refractivity contribution in [1.29, 1.82) is 0 Å². The molecule has 0 amide bonds. The van der Waals surface area contributed by atoms with E-state index < -0.39 is 0 Å². The Labute approximate surface area is 150 Å². The van der Waals surface area contributed by atoms with Gasteiger partial charge in [-0.15, -0.1) is 0 Å². The molecule has 0 N–H and O–H groups in total. The summed E-state index contributed by atoms with van der Waals surface area (Å²) in [6.07, 6.45) is 6.15. The SMILES string of the molecule is C=C1[C@@H](c2ccccc2)C(C(=O)OCC)=C(C)O[C@H]1C1CCCCC1. The van der Waals surface area contributed by atoms with Crippen LogP contribution in [0.25, 0.3) is 0 Å². The predicted octanol–water partition coefficient (Wildman–Crippen LogP) is 5.14. The molecule has 134 valence electrons. The zero-order valence-electron chi connectivity index (χ0n) is 15.3. The quantitative estimate of drug-likeness (QED) is 0.562. The van der Waals surface area contributed by atoms with Gasteiger partial charge in [0, 0.05) is 5.92 Å². The lowest BCUT2D eigenvalue weighted by molar-refractivity contribution is -0.139. The van der Waals surface area contributed by atoms with Gasteiger partial charge in [-0.25, -0.2) is 4.79 Å². The monoisotopic (exact) mass is 340 g/mol. The third-order valence-corrected chi connectivity index (χ3v) is 5.41. The summed E-state index contributed by atoms with van der Waals surface area (Å²) in [5, 5.41) is 0. The Morgan fingerprint density at radius 2 is 1.88 bits per heavy atom. The molecule has 0 bridgehead atoms. The normalized spacial score (nSPS) is 24.8. The average Bonchev–Trinajstić information content (AvgIpc) is 2.64. The molecule has 1 aliphatic carbocycles. The van der Waals surface area contributed by atoms with E-state index in [1.807, 2.05) is 32.0 Å². The topological polar surface area (TPSA) is 35.5 Å². The van der Waals surface area contributed by atoms with E-state index in [9.17, 15) is 4.79 Å². The Balaban J connectivity index is 2.00. The molecule has 2 aliphatic rings. The molecule has 1 heterocycles. The molecule has 0 spiro atoms. The minimum absolute atomic E-state index is 0.0105. The van der Waals surface area contributed by atoms with Gasteiger partial charge in [0.25, 0.3) is 0 Å². The van der Waals surface area contributed by atoms with Crippen molar-refractivity contribution in [1.82, 2.24) is 0 Å². The van der Waals surface area contributed by atoms with Crippen LogP contribution in [0.1, 0.15) is 57.4 Å². The van der Waals surface area contributed by atoms with Crippen molar-refractivity contribution in [3.8, 4) is 0 Å². The van der Waals surface area contributed by atoms with Crippen LogP contribution in [0.15, 0.2) is 53.8 Å². The Morgan fingerprint density at radius 3 is 2.52 bits per heavy atom. The van der Waals surface area contributed by atoms with Crippen molar-refractivity contribution in [2.45, 2.75) is 58.0 Å². The molecule has 1 fully saturated rings. The molecular formula is C22H28O3. The van der Waals surface area contributed by atoms with Gasteiger partial charge >= 0.3 is 5.97 Å². The van der Waals surface area contributed by atoms with E-state index in [1.165, 1.54) is 32.1 Å². The number of carbonyl (C=O) groups is 1. The zero-order chi connectivity index (χ0) is 17.8. The first-order chi connectivity index (χ1) is 12.1. The largest absolute Gasteiger partial charge is 0.490 e. The van der Waals surface area contributed by atoms with Crippen LogP contribution in [-0.4, -0.2) is 18.7 Å². The first kappa shape index (κ1) is 17.8. The predicted molar refractivity (Wildman–Crippen MR) is 99.1 cm³/mol. The van der Waals surface area contributed by atoms with Crippen LogP contribution in [0.3, 0.4) is 0 Å². The minimum atomic E-state index is -0.294. The molecule has 3 heteroatoms. The molecule has 0 aromatic heterocycles. The number of esters is 1. The van der Waals surface area contributed by atoms with Gasteiger partial charge in [0.1, 0.15) is 11.9 Å². The fourth-order valence-electron chi connectivity index (χ4n) is 4.22. The third-order valence-electron chi connectivity index (χ3n) is 5.41. The van der Waals surface area contributed by atoms with Crippen molar-refractivity contribution < 1.29 is 14.3 Å². The number of hydrogen-bond acceptors (Lipinski definition) is 3. The number of rotatable bonds is 4. The smallest absolute Gasteiger partial charge is 0.338 e. The number of allylic oxidation sites excluding steroid dienone is 1. The summed E-state index contributed by atoms with van der Waals surface area (Å²) in [6.45, 7) is 8.47. The lowest BCUT2D eigenvalue weighted by Crippen LogP contribution is -2.36. The molecule has 0 unspecified atom stereocenters. The first-order valence-electron chi connectivity index (χ1n) is 9.41. The van der Waals surface area contributed by atoms with Gasteiger partial charge in [0.05, 0.1) is 12.2 Å². The van der Waals surface area contributed by atoms with E-state index in [2.05, 4.69) is 18.7 Å². The van der Waals surface area contributed by atoms with Crippen molar-refractivity contribution in [3.05, 3.63) is 59.4 Å². The summed E-state index contributed by atoms with van der Waals surface area (Å²) in [6, 6.07) is 10.1. The minimum Gasteiger partial charge on any atom is -0.490 e. The number of hydrogen-bond donors (Lipinski definition) is 0. The van der Waals surface area contributed by atoms with Crippen LogP contribution in [0, 0.1) is 5.92 Å². The van der Waals surface area contributed by atoms with Gasteiger partial charge < -0.3 is 9.47 Å². The highest BCUT2D eigenvalue weighted by atomic mass is 16.5. The maximum atomic E-state index is 12.6. The third kappa shape index (κ3) is 3.65. The molecule has 1 aromatic carbocycles. The van der Waals surface area contributed by atoms with E-state index in [0.717, 1.165) is 11.1 Å². The molecular weight excluding hydrogens is 312 g/mol. The van der Waals surface area contributed by atoms with Gasteiger partial charge in [-0.05, 0) is 43.7 Å². The molecule has 2 atom stereocenters. The second-order valence-corrected chi connectivity index (χ2v) is 7.05. The summed E-state index contributed by atoms with van der Waals surface area (Å²) in [5.41, 5.74) is 2.68. The van der Waals surface area contributed by atoms with Crippen LogP contribution in [0.2, 0.25) is 0 Å². The van der Waals surface area contributed by atoms with Crippen LogP contribution in [-0.2, 0) is 14.3 Å². The van der Waals surface area contributed by atoms with Crippen molar-refractivity contribution in [2.75, 3.05) is 6.61 Å². The lowest BCUT2D eigenvalue weighted by atomic mass is 9.74. The second-order valence-electron chi connectivity index (χ2n) is 7.05. The average molecular weight is 340 g/mol. The van der Waals surface area contributed by atoms with E-state index in [-0.39, 0.29) is 18.0 Å². The van der Waals surface area contributed by atoms with Crippen molar-refractivity contribution >= 4 is 5.97 Å². The van der Waals surface area contributed by atoms with Crippen LogP contribution < -0.4 is 0 Å². The molecule has 1 aliphatic heterocycles. The van der Waals surface area contributed by atoms with Crippen molar-refractivity contribution in [2.24, 2.45) is 5.92 Å². The summed E-state index contributed by atoms with van der Waals surface area (Å²) in [4.78, 5) is 12.6. The van der Waals surface area contributed by atoms with Gasteiger partial charge in [0.2, 0.25) is 0 Å². The van der Waals surface area contributed by atoms with E-state index in [4.69, 9.17) is 9.47 Å². The summed E-state index contributed by atoms with van der Waals surface area (Å²) in [5.74, 6) is 0.736. The zero-order valence-corrected chi connectivity index (χ0v) is 15.3. The highest BCUT2D eigenvalue weighted by Crippen LogP contribution is 2.45. The van der Waals surface area contributed by atoms with Gasteiger partial charge in [0.15, 0.2) is 0 Å². The Morgan fingerprint density at radius 1 is 1.20 bits per heavy atom. The molecule has 3 nitrogen and oxygen atoms in total. The van der Waals surface area contributed by atoms with E-state index in [0.29, 0.717) is 23.9 Å². The molecule has 1 aromatic rings. The molecule has 3 rings (SSSR count). The Kier molecular flexibility index (Phi) is 5.62. The van der Waals surface area contributed by atoms with Crippen LogP contribution >= 0.6 is 0 Å². The molecule has 25 heavy (non-hydrogen) atoms. The number of benzene rings is 1. The maximum absolute atomic E-state index is 12.6. The molecule has 0 saturated heterocycles. The Hall–Kier alpha value is -2.03. The number of carbonyl (C=O) groups excluding carboxylic acids is 1. The fraction of sp³-hybridized carbons (Fsp3) is 0.500. The number of ether oxygens (including phenoxy) is 2. The summed E-state index contributed by atoms with van der Waals surface area (Å²) >= 11 is 0. The fourth-order valence-corrected chi connectivity index (χ4v) is 4.22. The highest BCUT2D eigenvalue weighted by Gasteiger charge is 2.40. The highest BCUT2D eigenvalue weighted by molar-refractivity contribution is 5.92. The standard InChI is InChI=1S/C22H28O3/c1-4-24-22(23)20-16(3)25-21(18-13-9-6-10-14-18)15(2)19(20)17-11-7-5-8-12-17/h5,7-8,11-12,18-19,21H,2,4,6,9-10,13-14H2,1,3H3/t19-,21+/m0/s1. The van der Waals surface area contributed by atoms with Gasteiger partial charge in [-0.2, -0.15) is 0 Å². The summed E-state index contributed by atoms with van der Waals surface area (Å²) in [7, 11) is 0. The summed E-state index contributed by atoms with van der Waals surface area (Å²) < 4.78 is 11.6. The lowest BCUT2D eigenvalue weighted by Gasteiger charge is -2.40. The van der Waals surface area contributed by atoms with E-state index >= 15 is 0 Å². The van der Waals surface area contributed by atoms with Gasteiger partial charge in [-0.3, -0.25) is 0 Å². The first-order valence-corrected chi connectivity index (χ1v) is 9.41. The van der Waals surface area contributed by atoms with Crippen LogP contribution in [0.4, 0.5) is 0 Å². The Bertz CT molecular complexity index is 653. The van der Waals surface area contributed by atoms with E-state index in [1.54, 1.807) is 0 Å². The maximum Gasteiger partial charge on any atom is 0.338 e. The molecule has 0 radical (unpaired) electrons.